The lowest BCUT2D eigenvalue weighted by Gasteiger charge is -2.07. The van der Waals surface area contributed by atoms with Crippen molar-refractivity contribution in [2.45, 2.75) is 0 Å². The number of carbonyl (C=O) groups is 1. The number of carbonyl (C=O) groups excluding carboxylic acids is 1. The number of nitrogens with one attached hydrogen (secondary N) is 1. The number of benzene rings is 1. The van der Waals surface area contributed by atoms with E-state index in [9.17, 15) is 9.18 Å². The Morgan fingerprint density at radius 1 is 1.60 bits per heavy atom. The minimum Gasteiger partial charge on any atom is -0.298 e. The Kier molecular flexibility index (Phi) is 3.93. The van der Waals surface area contributed by atoms with Crippen LogP contribution in [0.2, 0.25) is 0 Å². The lowest BCUT2D eigenvalue weighted by molar-refractivity contribution is 0.112. The van der Waals surface area contributed by atoms with Gasteiger partial charge >= 0.3 is 0 Å². The Hall–Kier alpha value is -1.75. The molecule has 0 saturated heterocycles. The normalized spacial score (nSPS) is 11.3. The van der Waals surface area contributed by atoms with Crippen LogP contribution in [0.15, 0.2) is 23.2 Å². The predicted octanol–water partition coefficient (Wildman–Crippen LogP) is 1.17. The maximum absolute atomic E-state index is 13.2. The summed E-state index contributed by atoms with van der Waals surface area (Å²) >= 11 is 0. The molecule has 0 saturated carbocycles. The minimum atomic E-state index is -0.582. The van der Waals surface area contributed by atoms with E-state index in [0.29, 0.717) is 17.7 Å². The summed E-state index contributed by atoms with van der Waals surface area (Å²) < 4.78 is 13.2. The van der Waals surface area contributed by atoms with E-state index in [2.05, 4.69) is 15.3 Å². The molecule has 0 unspecified atom stereocenters. The standard InChI is InChI=1S/C10H11FN2O2/c1-12-10(13-15-2)7-3-4-8(6-14)9(11)5-7/h3-6H,1-2H3,(H,12,13). The van der Waals surface area contributed by atoms with Crippen LogP contribution < -0.4 is 5.48 Å². The van der Waals surface area contributed by atoms with Crippen LogP contribution in [0, 0.1) is 5.82 Å². The zero-order valence-corrected chi connectivity index (χ0v) is 8.45. The quantitative estimate of drug-likeness (QED) is 0.352. The molecule has 0 aliphatic rings. The van der Waals surface area contributed by atoms with E-state index in [1.54, 1.807) is 13.1 Å². The van der Waals surface area contributed by atoms with Crippen molar-refractivity contribution in [1.29, 1.82) is 0 Å². The molecule has 0 fully saturated rings. The van der Waals surface area contributed by atoms with Crippen molar-refractivity contribution in [2.24, 2.45) is 4.99 Å². The number of aldehydes is 1. The Morgan fingerprint density at radius 2 is 2.33 bits per heavy atom. The number of rotatable bonds is 3. The number of nitrogens with zero attached hydrogens (tertiary/aromatic N) is 1. The third-order valence-corrected chi connectivity index (χ3v) is 1.82. The first kappa shape index (κ1) is 11.3. The van der Waals surface area contributed by atoms with Gasteiger partial charge in [-0.1, -0.05) is 6.07 Å². The third kappa shape index (κ3) is 2.60. The van der Waals surface area contributed by atoms with Gasteiger partial charge in [0.05, 0.1) is 12.7 Å². The molecule has 15 heavy (non-hydrogen) atoms. The highest BCUT2D eigenvalue weighted by atomic mass is 19.1. The molecule has 0 aliphatic carbocycles. The van der Waals surface area contributed by atoms with Crippen molar-refractivity contribution in [2.75, 3.05) is 14.2 Å². The zero-order chi connectivity index (χ0) is 11.3. The summed E-state index contributed by atoms with van der Waals surface area (Å²) in [6.45, 7) is 0. The first-order valence-corrected chi connectivity index (χ1v) is 4.23. The fraction of sp³-hybridized carbons (Fsp3) is 0.200. The molecule has 0 aromatic heterocycles. The molecule has 1 rings (SSSR count). The van der Waals surface area contributed by atoms with Crippen LogP contribution in [-0.4, -0.2) is 26.3 Å². The van der Waals surface area contributed by atoms with Gasteiger partial charge in [0.1, 0.15) is 5.82 Å². The van der Waals surface area contributed by atoms with E-state index in [4.69, 9.17) is 0 Å². The fourth-order valence-corrected chi connectivity index (χ4v) is 1.10. The topological polar surface area (TPSA) is 50.7 Å². The first-order chi connectivity index (χ1) is 7.22. The number of halogens is 1. The molecule has 0 aliphatic heterocycles. The van der Waals surface area contributed by atoms with E-state index in [-0.39, 0.29) is 5.56 Å². The zero-order valence-electron chi connectivity index (χ0n) is 8.45. The molecule has 4 nitrogen and oxygen atoms in total. The number of hydrogen-bond donors (Lipinski definition) is 1. The number of hydroxylamine groups is 1. The highest BCUT2D eigenvalue weighted by Crippen LogP contribution is 2.08. The van der Waals surface area contributed by atoms with Crippen LogP contribution in [-0.2, 0) is 4.84 Å². The molecule has 1 aromatic rings. The Labute approximate surface area is 86.7 Å². The highest BCUT2D eigenvalue weighted by molar-refractivity contribution is 5.98. The lowest BCUT2D eigenvalue weighted by Crippen LogP contribution is -2.23. The first-order valence-electron chi connectivity index (χ1n) is 4.23. The highest BCUT2D eigenvalue weighted by Gasteiger charge is 2.06. The van der Waals surface area contributed by atoms with Crippen LogP contribution in [0.5, 0.6) is 0 Å². The molecule has 5 heteroatoms. The second-order valence-corrected chi connectivity index (χ2v) is 2.73. The van der Waals surface area contributed by atoms with E-state index in [1.165, 1.54) is 19.2 Å². The molecule has 1 N–H and O–H groups in total. The molecule has 0 spiro atoms. The van der Waals surface area contributed by atoms with Gasteiger partial charge in [-0.2, -0.15) is 0 Å². The smallest absolute Gasteiger partial charge is 0.152 e. The van der Waals surface area contributed by atoms with Crippen LogP contribution in [0.3, 0.4) is 0 Å². The van der Waals surface area contributed by atoms with E-state index >= 15 is 0 Å². The van der Waals surface area contributed by atoms with Crippen molar-refractivity contribution in [3.63, 3.8) is 0 Å². The molecule has 1 aromatic carbocycles. The van der Waals surface area contributed by atoms with Gasteiger partial charge in [-0.15, -0.1) is 0 Å². The summed E-state index contributed by atoms with van der Waals surface area (Å²) in [6.07, 6.45) is 0.464. The predicted molar refractivity (Wildman–Crippen MR) is 54.4 cm³/mol. The van der Waals surface area contributed by atoms with Gasteiger partial charge in [-0.25, -0.2) is 9.87 Å². The van der Waals surface area contributed by atoms with E-state index in [0.717, 1.165) is 0 Å². The molecule has 0 atom stereocenters. The maximum Gasteiger partial charge on any atom is 0.152 e. The van der Waals surface area contributed by atoms with Crippen molar-refractivity contribution in [1.82, 2.24) is 5.48 Å². The number of amidine groups is 1. The van der Waals surface area contributed by atoms with Crippen LogP contribution in [0.25, 0.3) is 0 Å². The van der Waals surface area contributed by atoms with Gasteiger partial charge in [0.15, 0.2) is 12.1 Å². The minimum absolute atomic E-state index is 0.0200. The summed E-state index contributed by atoms with van der Waals surface area (Å²) in [7, 11) is 2.98. The van der Waals surface area contributed by atoms with Crippen LogP contribution in [0.4, 0.5) is 4.39 Å². The lowest BCUT2D eigenvalue weighted by atomic mass is 10.1. The molecular formula is C10H11FN2O2. The van der Waals surface area contributed by atoms with Gasteiger partial charge < -0.3 is 0 Å². The van der Waals surface area contributed by atoms with Gasteiger partial charge in [0.25, 0.3) is 0 Å². The molecule has 0 heterocycles. The van der Waals surface area contributed by atoms with Crippen LogP contribution >= 0.6 is 0 Å². The molecule has 0 amide bonds. The molecule has 80 valence electrons. The maximum atomic E-state index is 13.2. The van der Waals surface area contributed by atoms with E-state index < -0.39 is 5.82 Å². The third-order valence-electron chi connectivity index (χ3n) is 1.82. The van der Waals surface area contributed by atoms with Crippen molar-refractivity contribution in [3.05, 3.63) is 35.1 Å². The second-order valence-electron chi connectivity index (χ2n) is 2.73. The molecule has 0 bridgehead atoms. The average molecular weight is 210 g/mol. The SMILES string of the molecule is CN=C(NOC)c1ccc(C=O)c(F)c1. The number of aliphatic imine (C=N–C) groups is 1. The summed E-state index contributed by atoms with van der Waals surface area (Å²) in [4.78, 5) is 18.9. The summed E-state index contributed by atoms with van der Waals surface area (Å²) in [5.41, 5.74) is 3.04. The number of hydrogen-bond acceptors (Lipinski definition) is 3. The monoisotopic (exact) mass is 210 g/mol. The summed E-state index contributed by atoms with van der Waals surface area (Å²) in [5.74, 6) is -0.185. The summed E-state index contributed by atoms with van der Waals surface area (Å²) in [6, 6.07) is 4.19. The summed E-state index contributed by atoms with van der Waals surface area (Å²) in [5, 5.41) is 0. The molecular weight excluding hydrogens is 199 g/mol. The second kappa shape index (κ2) is 5.21. The van der Waals surface area contributed by atoms with Crippen molar-refractivity contribution >= 4 is 12.1 Å². The van der Waals surface area contributed by atoms with Gasteiger partial charge in [0, 0.05) is 12.6 Å². The van der Waals surface area contributed by atoms with Gasteiger partial charge in [-0.3, -0.25) is 14.6 Å². The van der Waals surface area contributed by atoms with Crippen molar-refractivity contribution in [3.8, 4) is 0 Å². The Balaban J connectivity index is 3.05. The fourth-order valence-electron chi connectivity index (χ4n) is 1.10. The van der Waals surface area contributed by atoms with Gasteiger partial charge in [-0.05, 0) is 12.1 Å². The van der Waals surface area contributed by atoms with Gasteiger partial charge in [0.2, 0.25) is 0 Å². The van der Waals surface area contributed by atoms with E-state index in [1.807, 2.05) is 0 Å². The largest absolute Gasteiger partial charge is 0.298 e. The molecule has 0 radical (unpaired) electrons. The van der Waals surface area contributed by atoms with Crippen molar-refractivity contribution < 1.29 is 14.0 Å². The van der Waals surface area contributed by atoms with Crippen LogP contribution in [0.1, 0.15) is 15.9 Å². The Morgan fingerprint density at radius 3 is 2.80 bits per heavy atom. The Bertz CT molecular complexity index is 391. The average Bonchev–Trinajstić information content (AvgIpc) is 2.25.